The van der Waals surface area contributed by atoms with Crippen molar-refractivity contribution in [3.8, 4) is 17.2 Å². The van der Waals surface area contributed by atoms with Gasteiger partial charge in [0.2, 0.25) is 5.75 Å². The number of carbonyl (C=O) groups excluding carboxylic acids is 2. The number of rotatable bonds is 13. The van der Waals surface area contributed by atoms with Crippen LogP contribution in [0.25, 0.3) is 0 Å². The molecule has 0 spiro atoms. The Bertz CT molecular complexity index is 1010. The first-order valence-corrected chi connectivity index (χ1v) is 12.4. The highest BCUT2D eigenvalue weighted by atomic mass is 35.5. The van der Waals surface area contributed by atoms with Gasteiger partial charge >= 0.3 is 12.0 Å². The number of urea groups is 1. The number of anilines is 1. The molecule has 10 heteroatoms. The highest BCUT2D eigenvalue weighted by Gasteiger charge is 2.22. The second-order valence-corrected chi connectivity index (χ2v) is 9.04. The quantitative estimate of drug-likeness (QED) is 0.297. The van der Waals surface area contributed by atoms with E-state index in [0.717, 1.165) is 18.4 Å². The zero-order valence-corrected chi connectivity index (χ0v) is 22.8. The third kappa shape index (κ3) is 8.68. The molecular weight excluding hydrogens is 507 g/mol. The van der Waals surface area contributed by atoms with Crippen LogP contribution >= 0.6 is 23.2 Å². The van der Waals surface area contributed by atoms with Gasteiger partial charge in [-0.15, -0.1) is 0 Å². The Labute approximate surface area is 222 Å². The Morgan fingerprint density at radius 3 is 2.17 bits per heavy atom. The standard InChI is InChI=1S/C26H34Cl2N2O6/c1-6-36-24(31)12-11-21(16(2)7-8-17-9-10-19(27)20(28)13-17)30-26(32)29-18-14-22(33-3)25(35-5)23(15-18)34-4/h9-10,13-16,21H,6-8,11-12H2,1-5H3,(H2,29,30,32). The SMILES string of the molecule is CCOC(=O)CCC(NC(=O)Nc1cc(OC)c(OC)c(OC)c1)C(C)CCc1ccc(Cl)c(Cl)c1. The second-order valence-electron chi connectivity index (χ2n) is 8.23. The maximum absolute atomic E-state index is 12.9. The van der Waals surface area contributed by atoms with Crippen LogP contribution in [-0.4, -0.2) is 46.0 Å². The number of halogens is 2. The fraction of sp³-hybridized carbons (Fsp3) is 0.462. The second kappa shape index (κ2) is 14.7. The first kappa shape index (κ1) is 29.4. The monoisotopic (exact) mass is 540 g/mol. The van der Waals surface area contributed by atoms with Crippen LogP contribution < -0.4 is 24.8 Å². The number of nitrogens with one attached hydrogen (secondary N) is 2. The highest BCUT2D eigenvalue weighted by Crippen LogP contribution is 2.40. The Balaban J connectivity index is 2.12. The van der Waals surface area contributed by atoms with Gasteiger partial charge < -0.3 is 29.6 Å². The molecule has 0 aliphatic carbocycles. The van der Waals surface area contributed by atoms with E-state index in [1.165, 1.54) is 21.3 Å². The molecular formula is C26H34Cl2N2O6. The van der Waals surface area contributed by atoms with Crippen LogP contribution in [0.4, 0.5) is 10.5 Å². The molecule has 2 rings (SSSR count). The largest absolute Gasteiger partial charge is 0.493 e. The fourth-order valence-corrected chi connectivity index (χ4v) is 4.11. The molecule has 8 nitrogen and oxygen atoms in total. The molecule has 0 aliphatic heterocycles. The van der Waals surface area contributed by atoms with Gasteiger partial charge in [0, 0.05) is 24.6 Å². The van der Waals surface area contributed by atoms with Gasteiger partial charge in [-0.2, -0.15) is 0 Å². The van der Waals surface area contributed by atoms with Gasteiger partial charge in [0.1, 0.15) is 0 Å². The van der Waals surface area contributed by atoms with E-state index >= 15 is 0 Å². The summed E-state index contributed by atoms with van der Waals surface area (Å²) in [6.45, 7) is 4.11. The van der Waals surface area contributed by atoms with E-state index in [1.54, 1.807) is 25.1 Å². The minimum atomic E-state index is -0.417. The van der Waals surface area contributed by atoms with Gasteiger partial charge in [0.05, 0.1) is 43.7 Å². The lowest BCUT2D eigenvalue weighted by Crippen LogP contribution is -2.42. The molecule has 2 aromatic carbocycles. The van der Waals surface area contributed by atoms with Crippen molar-refractivity contribution in [1.29, 1.82) is 0 Å². The number of hydrogen-bond donors (Lipinski definition) is 2. The fourth-order valence-electron chi connectivity index (χ4n) is 3.78. The smallest absolute Gasteiger partial charge is 0.319 e. The summed E-state index contributed by atoms with van der Waals surface area (Å²) in [5.74, 6) is 1.02. The summed E-state index contributed by atoms with van der Waals surface area (Å²) >= 11 is 12.2. The van der Waals surface area contributed by atoms with Crippen LogP contribution in [0.3, 0.4) is 0 Å². The summed E-state index contributed by atoms with van der Waals surface area (Å²) in [6.07, 6.45) is 2.13. The molecule has 2 aromatic rings. The van der Waals surface area contributed by atoms with E-state index in [-0.39, 0.29) is 24.3 Å². The number of ether oxygens (including phenoxy) is 4. The maximum atomic E-state index is 12.9. The molecule has 0 saturated carbocycles. The molecule has 0 saturated heterocycles. The van der Waals surface area contributed by atoms with Crippen LogP contribution in [0.5, 0.6) is 17.2 Å². The van der Waals surface area contributed by atoms with Crippen LogP contribution in [0, 0.1) is 5.92 Å². The number of carbonyl (C=O) groups is 2. The first-order valence-electron chi connectivity index (χ1n) is 11.7. The topological polar surface area (TPSA) is 95.1 Å². The van der Waals surface area contributed by atoms with Gasteiger partial charge in [-0.05, 0) is 49.8 Å². The van der Waals surface area contributed by atoms with Gasteiger partial charge in [0.15, 0.2) is 11.5 Å². The summed E-state index contributed by atoms with van der Waals surface area (Å²) in [5.41, 5.74) is 1.51. The lowest BCUT2D eigenvalue weighted by molar-refractivity contribution is -0.143. The van der Waals surface area contributed by atoms with Crippen molar-refractivity contribution in [3.63, 3.8) is 0 Å². The maximum Gasteiger partial charge on any atom is 0.319 e. The number of methoxy groups -OCH3 is 3. The zero-order valence-electron chi connectivity index (χ0n) is 21.3. The van der Waals surface area contributed by atoms with Crippen molar-refractivity contribution in [3.05, 3.63) is 45.9 Å². The van der Waals surface area contributed by atoms with Crippen molar-refractivity contribution in [2.75, 3.05) is 33.3 Å². The van der Waals surface area contributed by atoms with E-state index in [0.29, 0.717) is 46.0 Å². The summed E-state index contributed by atoms with van der Waals surface area (Å²) in [4.78, 5) is 24.9. The van der Waals surface area contributed by atoms with Crippen molar-refractivity contribution in [2.24, 2.45) is 5.92 Å². The van der Waals surface area contributed by atoms with Crippen molar-refractivity contribution in [1.82, 2.24) is 5.32 Å². The summed E-state index contributed by atoms with van der Waals surface area (Å²) in [5, 5.41) is 6.83. The van der Waals surface area contributed by atoms with Crippen LogP contribution in [0.15, 0.2) is 30.3 Å². The summed E-state index contributed by atoms with van der Waals surface area (Å²) in [7, 11) is 4.51. The van der Waals surface area contributed by atoms with E-state index < -0.39 is 6.03 Å². The average molecular weight is 541 g/mol. The third-order valence-corrected chi connectivity index (χ3v) is 6.50. The number of benzene rings is 2. The van der Waals surface area contributed by atoms with Gasteiger partial charge in [0.25, 0.3) is 0 Å². The molecule has 198 valence electrons. The molecule has 0 aromatic heterocycles. The van der Waals surface area contributed by atoms with E-state index in [2.05, 4.69) is 10.6 Å². The summed E-state index contributed by atoms with van der Waals surface area (Å²) in [6, 6.07) is 8.13. The van der Waals surface area contributed by atoms with Gasteiger partial charge in [-0.25, -0.2) is 4.79 Å². The highest BCUT2D eigenvalue weighted by molar-refractivity contribution is 6.42. The molecule has 0 radical (unpaired) electrons. The Kier molecular flexibility index (Phi) is 12.0. The summed E-state index contributed by atoms with van der Waals surface area (Å²) < 4.78 is 21.1. The molecule has 0 aliphatic rings. The Hall–Kier alpha value is -2.84. The molecule has 2 amide bonds. The normalized spacial score (nSPS) is 12.3. The van der Waals surface area contributed by atoms with Gasteiger partial charge in [-0.3, -0.25) is 4.79 Å². The van der Waals surface area contributed by atoms with Crippen LogP contribution in [-0.2, 0) is 16.0 Å². The molecule has 0 bridgehead atoms. The lowest BCUT2D eigenvalue weighted by atomic mass is 9.91. The third-order valence-electron chi connectivity index (χ3n) is 5.76. The molecule has 0 heterocycles. The van der Waals surface area contributed by atoms with Crippen LogP contribution in [0.2, 0.25) is 10.0 Å². The Morgan fingerprint density at radius 2 is 1.61 bits per heavy atom. The lowest BCUT2D eigenvalue weighted by Gasteiger charge is -2.25. The average Bonchev–Trinajstić information content (AvgIpc) is 2.86. The first-order chi connectivity index (χ1) is 17.2. The van der Waals surface area contributed by atoms with E-state index in [1.807, 2.05) is 19.1 Å². The van der Waals surface area contributed by atoms with Crippen molar-refractivity contribution in [2.45, 2.75) is 45.6 Å². The van der Waals surface area contributed by atoms with Crippen molar-refractivity contribution >= 4 is 40.9 Å². The van der Waals surface area contributed by atoms with E-state index in [9.17, 15) is 9.59 Å². The zero-order chi connectivity index (χ0) is 26.7. The number of amides is 2. The Morgan fingerprint density at radius 1 is 0.944 bits per heavy atom. The number of aryl methyl sites for hydroxylation is 1. The predicted octanol–water partition coefficient (Wildman–Crippen LogP) is 6.12. The molecule has 36 heavy (non-hydrogen) atoms. The van der Waals surface area contributed by atoms with E-state index in [4.69, 9.17) is 42.1 Å². The molecule has 2 unspecified atom stereocenters. The number of hydrogen-bond acceptors (Lipinski definition) is 6. The van der Waals surface area contributed by atoms with Crippen molar-refractivity contribution < 1.29 is 28.5 Å². The minimum Gasteiger partial charge on any atom is -0.493 e. The molecule has 2 atom stereocenters. The van der Waals surface area contributed by atoms with Gasteiger partial charge in [-0.1, -0.05) is 36.2 Å². The molecule has 0 fully saturated rings. The number of esters is 1. The van der Waals surface area contributed by atoms with Crippen LogP contribution in [0.1, 0.15) is 38.7 Å². The minimum absolute atomic E-state index is 0.0552. The molecule has 2 N–H and O–H groups in total. The predicted molar refractivity (Wildman–Crippen MR) is 142 cm³/mol.